The zero-order valence-electron chi connectivity index (χ0n) is 11.7. The predicted octanol–water partition coefficient (Wildman–Crippen LogP) is -1.68. The second-order valence-electron chi connectivity index (χ2n) is 5.67. The van der Waals surface area contributed by atoms with E-state index in [1.165, 1.54) is 6.07 Å². The number of para-hydroxylation sites is 1. The zero-order chi connectivity index (χ0) is 17.0. The van der Waals surface area contributed by atoms with Crippen LogP contribution in [0.5, 0.6) is 0 Å². The number of rotatable bonds is 2. The Kier molecular flexibility index (Phi) is 3.79. The molecule has 8 nitrogen and oxygen atoms in total. The molecule has 0 spiro atoms. The molecule has 2 heterocycles. The number of ether oxygens (including phenoxy) is 1. The quantitative estimate of drug-likeness (QED) is 0.351. The molecule has 0 bridgehead atoms. The van der Waals surface area contributed by atoms with Crippen molar-refractivity contribution >= 4 is 23.5 Å². The highest BCUT2D eigenvalue weighted by molar-refractivity contribution is 6.23. The van der Waals surface area contributed by atoms with Gasteiger partial charge in [0.1, 0.15) is 12.2 Å². The van der Waals surface area contributed by atoms with Crippen molar-refractivity contribution in [3.8, 4) is 0 Å². The molecule has 2 aliphatic rings. The lowest BCUT2D eigenvalue weighted by atomic mass is 9.69. The molecular weight excluding hydrogens is 330 g/mol. The van der Waals surface area contributed by atoms with E-state index in [-0.39, 0.29) is 5.56 Å². The third-order valence-corrected chi connectivity index (χ3v) is 4.81. The van der Waals surface area contributed by atoms with Crippen molar-refractivity contribution in [3.63, 3.8) is 0 Å². The molecule has 1 unspecified atom stereocenters. The lowest BCUT2D eigenvalue weighted by molar-refractivity contribution is -0.360. The predicted molar refractivity (Wildman–Crippen MR) is 78.2 cm³/mol. The van der Waals surface area contributed by atoms with E-state index in [2.05, 4.69) is 4.99 Å². The first-order chi connectivity index (χ1) is 10.7. The van der Waals surface area contributed by atoms with Crippen LogP contribution in [-0.4, -0.2) is 72.6 Å². The van der Waals surface area contributed by atoms with Crippen molar-refractivity contribution in [1.82, 2.24) is 0 Å². The summed E-state index contributed by atoms with van der Waals surface area (Å²) in [4.78, 5) is 3.96. The van der Waals surface area contributed by atoms with E-state index in [1.54, 1.807) is 18.2 Å². The number of aliphatic hydroxyl groups excluding tert-OH is 4. The molecule has 2 aliphatic heterocycles. The van der Waals surface area contributed by atoms with Crippen LogP contribution in [-0.2, 0) is 10.3 Å². The van der Waals surface area contributed by atoms with Crippen LogP contribution in [0, 0.1) is 0 Å². The van der Waals surface area contributed by atoms with E-state index in [4.69, 9.17) is 16.3 Å². The summed E-state index contributed by atoms with van der Waals surface area (Å²) in [7, 11) is 0. The minimum atomic E-state index is -2.79. The Labute approximate surface area is 135 Å². The van der Waals surface area contributed by atoms with Gasteiger partial charge in [-0.25, -0.2) is 0 Å². The monoisotopic (exact) mass is 345 g/mol. The van der Waals surface area contributed by atoms with Crippen molar-refractivity contribution in [2.45, 2.75) is 34.8 Å². The molecule has 0 aromatic heterocycles. The van der Waals surface area contributed by atoms with Gasteiger partial charge in [0.2, 0.25) is 0 Å². The van der Waals surface area contributed by atoms with Crippen molar-refractivity contribution in [2.24, 2.45) is 4.99 Å². The first kappa shape index (κ1) is 16.7. The van der Waals surface area contributed by atoms with Crippen LogP contribution in [0.4, 0.5) is 5.69 Å². The number of hydrogen-bond acceptors (Lipinski definition) is 8. The SMILES string of the molecule is OC[C@@]1(Cl)O[C@@H](O)[C@H](O)[C@](O)(C2(O)C=Nc3ccccc32)[C@H]1O. The molecule has 1 fully saturated rings. The van der Waals surface area contributed by atoms with Crippen molar-refractivity contribution in [2.75, 3.05) is 6.61 Å². The van der Waals surface area contributed by atoms with E-state index < -0.39 is 41.4 Å². The van der Waals surface area contributed by atoms with Crippen LogP contribution < -0.4 is 0 Å². The molecule has 0 radical (unpaired) electrons. The maximum Gasteiger partial charge on any atom is 0.196 e. The van der Waals surface area contributed by atoms with Gasteiger partial charge in [-0.1, -0.05) is 29.8 Å². The molecule has 1 aromatic rings. The Morgan fingerprint density at radius 1 is 1.17 bits per heavy atom. The van der Waals surface area contributed by atoms with Crippen LogP contribution in [0.25, 0.3) is 0 Å². The second kappa shape index (κ2) is 5.20. The van der Waals surface area contributed by atoms with Gasteiger partial charge in [-0.15, -0.1) is 0 Å². The highest BCUT2D eigenvalue weighted by Crippen LogP contribution is 2.50. The molecule has 1 saturated heterocycles. The van der Waals surface area contributed by atoms with Gasteiger partial charge in [0.15, 0.2) is 22.6 Å². The summed E-state index contributed by atoms with van der Waals surface area (Å²) in [6, 6.07) is 6.21. The van der Waals surface area contributed by atoms with Crippen LogP contribution in [0.15, 0.2) is 29.3 Å². The molecule has 6 atom stereocenters. The van der Waals surface area contributed by atoms with Gasteiger partial charge in [0, 0.05) is 11.8 Å². The normalized spacial score (nSPS) is 46.0. The van der Waals surface area contributed by atoms with Crippen LogP contribution >= 0.6 is 11.6 Å². The molecule has 1 aromatic carbocycles. The van der Waals surface area contributed by atoms with Gasteiger partial charge in [-0.3, -0.25) is 4.99 Å². The summed E-state index contributed by atoms with van der Waals surface area (Å²) in [5.41, 5.74) is -4.73. The minimum Gasteiger partial charge on any atom is -0.392 e. The minimum absolute atomic E-state index is 0.103. The van der Waals surface area contributed by atoms with Crippen molar-refractivity contribution in [1.29, 1.82) is 0 Å². The highest BCUT2D eigenvalue weighted by atomic mass is 35.5. The van der Waals surface area contributed by atoms with E-state index in [1.807, 2.05) is 0 Å². The van der Waals surface area contributed by atoms with E-state index in [0.29, 0.717) is 5.69 Å². The summed E-state index contributed by atoms with van der Waals surface area (Å²) >= 11 is 5.91. The van der Waals surface area contributed by atoms with E-state index in [0.717, 1.165) is 6.21 Å². The van der Waals surface area contributed by atoms with Crippen LogP contribution in [0.1, 0.15) is 5.56 Å². The zero-order valence-corrected chi connectivity index (χ0v) is 12.5. The number of benzene rings is 1. The maximum atomic E-state index is 11.0. The summed E-state index contributed by atoms with van der Waals surface area (Å²) in [5, 5.41) is 59.4. The summed E-state index contributed by atoms with van der Waals surface area (Å²) in [6.45, 7) is -0.989. The number of aliphatic hydroxyl groups is 6. The van der Waals surface area contributed by atoms with Gasteiger partial charge in [-0.2, -0.15) is 0 Å². The summed E-state index contributed by atoms with van der Waals surface area (Å²) in [6.07, 6.45) is -5.39. The number of alkyl halides is 1. The van der Waals surface area contributed by atoms with E-state index >= 15 is 0 Å². The maximum absolute atomic E-state index is 11.0. The fraction of sp³-hybridized carbons (Fsp3) is 0.500. The highest BCUT2D eigenvalue weighted by Gasteiger charge is 2.70. The Morgan fingerprint density at radius 2 is 1.83 bits per heavy atom. The first-order valence-corrected chi connectivity index (χ1v) is 7.20. The average Bonchev–Trinajstić information content (AvgIpc) is 2.90. The van der Waals surface area contributed by atoms with Crippen molar-refractivity contribution < 1.29 is 35.4 Å². The molecule has 23 heavy (non-hydrogen) atoms. The molecule has 3 rings (SSSR count). The molecule has 0 saturated carbocycles. The molecule has 126 valence electrons. The largest absolute Gasteiger partial charge is 0.392 e. The van der Waals surface area contributed by atoms with Gasteiger partial charge >= 0.3 is 0 Å². The third-order valence-electron chi connectivity index (χ3n) is 4.39. The molecule has 9 heteroatoms. The standard InChI is InChI=1S/C14H16ClNO7/c15-13(6-17)11(20)14(22,9(18)10(19)23-13)12(21)5-16-8-4-2-1-3-7(8)12/h1-5,9-11,17-22H,6H2/t9-,10+,11-,12?,13+,14+/m0/s1. The van der Waals surface area contributed by atoms with E-state index in [9.17, 15) is 30.6 Å². The first-order valence-electron chi connectivity index (χ1n) is 6.82. The number of aliphatic imine (C=N–C) groups is 1. The Balaban J connectivity index is 2.18. The van der Waals surface area contributed by atoms with Gasteiger partial charge in [0.25, 0.3) is 0 Å². The average molecular weight is 346 g/mol. The smallest absolute Gasteiger partial charge is 0.196 e. The number of fused-ring (bicyclic) bond motifs is 1. The number of halogens is 1. The Hall–Kier alpha value is -1.10. The third kappa shape index (κ3) is 2.01. The fourth-order valence-electron chi connectivity index (χ4n) is 3.06. The summed E-state index contributed by atoms with van der Waals surface area (Å²) < 4.78 is 4.79. The second-order valence-corrected chi connectivity index (χ2v) is 6.31. The lowest BCUT2D eigenvalue weighted by Gasteiger charge is -2.54. The van der Waals surface area contributed by atoms with Crippen molar-refractivity contribution in [3.05, 3.63) is 29.8 Å². The lowest BCUT2D eigenvalue weighted by Crippen LogP contribution is -2.77. The topological polar surface area (TPSA) is 143 Å². The fourth-order valence-corrected chi connectivity index (χ4v) is 3.31. The molecular formula is C14H16ClNO7. The number of nitrogens with zero attached hydrogens (tertiary/aromatic N) is 1. The molecule has 6 N–H and O–H groups in total. The van der Waals surface area contributed by atoms with Gasteiger partial charge in [-0.05, 0) is 6.07 Å². The van der Waals surface area contributed by atoms with Crippen LogP contribution in [0.3, 0.4) is 0 Å². The van der Waals surface area contributed by atoms with Crippen LogP contribution in [0.2, 0.25) is 0 Å². The Morgan fingerprint density at radius 3 is 2.48 bits per heavy atom. The molecule has 0 amide bonds. The number of hydrogen-bond donors (Lipinski definition) is 6. The molecule has 0 aliphatic carbocycles. The van der Waals surface area contributed by atoms with Gasteiger partial charge in [0.05, 0.1) is 12.3 Å². The summed E-state index contributed by atoms with van der Waals surface area (Å²) in [5.74, 6) is 0. The van der Waals surface area contributed by atoms with Gasteiger partial charge < -0.3 is 35.4 Å². The Bertz CT molecular complexity index is 658.